The number of aliphatic hydroxyl groups excluding tert-OH is 1. The highest BCUT2D eigenvalue weighted by atomic mass is 32.2. The van der Waals surface area contributed by atoms with Crippen LogP contribution in [0.3, 0.4) is 0 Å². The van der Waals surface area contributed by atoms with Crippen molar-refractivity contribution in [2.24, 2.45) is 0 Å². The van der Waals surface area contributed by atoms with Crippen molar-refractivity contribution in [2.75, 3.05) is 30.3 Å². The molecule has 112 valence electrons. The van der Waals surface area contributed by atoms with Gasteiger partial charge < -0.3 is 10.8 Å². The smallest absolute Gasteiger partial charge is 0.215 e. The van der Waals surface area contributed by atoms with Crippen molar-refractivity contribution in [3.63, 3.8) is 0 Å². The van der Waals surface area contributed by atoms with Crippen molar-refractivity contribution in [2.45, 2.75) is 23.8 Å². The fourth-order valence-electron chi connectivity index (χ4n) is 2.13. The molecule has 0 bridgehead atoms. The fourth-order valence-corrected chi connectivity index (χ4v) is 4.94. The molecule has 1 saturated heterocycles. The van der Waals surface area contributed by atoms with E-state index >= 15 is 0 Å². The Kier molecular flexibility index (Phi) is 5.31. The van der Waals surface area contributed by atoms with Gasteiger partial charge in [-0.2, -0.15) is 4.31 Å². The monoisotopic (exact) mass is 316 g/mol. The summed E-state index contributed by atoms with van der Waals surface area (Å²) in [6, 6.07) is 7.38. The number of hydrogen-bond donors (Lipinski definition) is 2. The Morgan fingerprint density at radius 2 is 2.05 bits per heavy atom. The van der Waals surface area contributed by atoms with Gasteiger partial charge in [-0.3, -0.25) is 0 Å². The zero-order valence-corrected chi connectivity index (χ0v) is 12.9. The maximum absolute atomic E-state index is 12.2. The van der Waals surface area contributed by atoms with E-state index in [0.29, 0.717) is 24.4 Å². The van der Waals surface area contributed by atoms with E-state index in [4.69, 9.17) is 5.73 Å². The van der Waals surface area contributed by atoms with Crippen LogP contribution in [0.1, 0.15) is 12.8 Å². The van der Waals surface area contributed by atoms with Crippen molar-refractivity contribution in [1.82, 2.24) is 4.31 Å². The van der Waals surface area contributed by atoms with E-state index in [1.165, 1.54) is 16.1 Å². The SMILES string of the molecule is Nc1ccc(SCCS(=O)(=O)N2CCC[C@H](O)C2)cc1. The second-order valence-corrected chi connectivity index (χ2v) is 8.14. The minimum atomic E-state index is -3.27. The van der Waals surface area contributed by atoms with Gasteiger partial charge in [0, 0.05) is 29.4 Å². The predicted octanol–water partition coefficient (Wildman–Crippen LogP) is 1.15. The Morgan fingerprint density at radius 3 is 2.70 bits per heavy atom. The number of anilines is 1. The molecule has 3 N–H and O–H groups in total. The second-order valence-electron chi connectivity index (χ2n) is 4.89. The number of piperidine rings is 1. The van der Waals surface area contributed by atoms with Gasteiger partial charge in [0.1, 0.15) is 0 Å². The predicted molar refractivity (Wildman–Crippen MR) is 82.2 cm³/mol. The summed E-state index contributed by atoms with van der Waals surface area (Å²) in [7, 11) is -3.27. The Morgan fingerprint density at radius 1 is 1.35 bits per heavy atom. The molecule has 5 nitrogen and oxygen atoms in total. The number of nitrogens with zero attached hydrogens (tertiary/aromatic N) is 1. The van der Waals surface area contributed by atoms with Crippen LogP contribution >= 0.6 is 11.8 Å². The van der Waals surface area contributed by atoms with Crippen LogP contribution in [-0.2, 0) is 10.0 Å². The highest BCUT2D eigenvalue weighted by Gasteiger charge is 2.27. The average Bonchev–Trinajstić information content (AvgIpc) is 2.41. The summed E-state index contributed by atoms with van der Waals surface area (Å²) in [5, 5.41) is 9.55. The molecule has 2 rings (SSSR count). The maximum atomic E-state index is 12.2. The summed E-state index contributed by atoms with van der Waals surface area (Å²) in [5.41, 5.74) is 6.30. The molecule has 1 atom stereocenters. The van der Waals surface area contributed by atoms with E-state index in [-0.39, 0.29) is 12.3 Å². The molecule has 1 fully saturated rings. The first kappa shape index (κ1) is 15.6. The topological polar surface area (TPSA) is 83.6 Å². The van der Waals surface area contributed by atoms with E-state index in [0.717, 1.165) is 11.3 Å². The molecule has 0 aliphatic carbocycles. The Hall–Kier alpha value is -0.760. The molecular formula is C13H20N2O3S2. The van der Waals surface area contributed by atoms with Crippen molar-refractivity contribution in [3.8, 4) is 0 Å². The fraction of sp³-hybridized carbons (Fsp3) is 0.538. The lowest BCUT2D eigenvalue weighted by Crippen LogP contribution is -2.43. The first-order valence-corrected chi connectivity index (χ1v) is 9.21. The van der Waals surface area contributed by atoms with E-state index in [1.807, 2.05) is 12.1 Å². The Balaban J connectivity index is 1.84. The first-order chi connectivity index (χ1) is 9.47. The number of nitrogens with two attached hydrogens (primary N) is 1. The standard InChI is InChI=1S/C13H20N2O3S2/c14-11-3-5-13(6-4-11)19-8-9-20(17,18)15-7-1-2-12(16)10-15/h3-6,12,16H,1-2,7-10,14H2/t12-/m0/s1. The van der Waals surface area contributed by atoms with Crippen LogP contribution in [0.15, 0.2) is 29.2 Å². The number of benzene rings is 1. The van der Waals surface area contributed by atoms with Gasteiger partial charge in [0.15, 0.2) is 0 Å². The summed E-state index contributed by atoms with van der Waals surface area (Å²) in [5.74, 6) is 0.591. The van der Waals surface area contributed by atoms with Gasteiger partial charge in [-0.25, -0.2) is 8.42 Å². The molecule has 1 heterocycles. The minimum Gasteiger partial charge on any atom is -0.399 e. The number of hydrogen-bond acceptors (Lipinski definition) is 5. The van der Waals surface area contributed by atoms with Gasteiger partial charge in [0.05, 0.1) is 11.9 Å². The van der Waals surface area contributed by atoms with Gasteiger partial charge in [0.2, 0.25) is 10.0 Å². The van der Waals surface area contributed by atoms with Crippen molar-refractivity contribution >= 4 is 27.5 Å². The highest BCUT2D eigenvalue weighted by Crippen LogP contribution is 2.21. The summed E-state index contributed by atoms with van der Waals surface area (Å²) >= 11 is 1.50. The van der Waals surface area contributed by atoms with Crippen LogP contribution in [0, 0.1) is 0 Å². The molecule has 1 aromatic rings. The maximum Gasteiger partial charge on any atom is 0.215 e. The zero-order valence-electron chi connectivity index (χ0n) is 11.2. The lowest BCUT2D eigenvalue weighted by Gasteiger charge is -2.29. The third-order valence-corrected chi connectivity index (χ3v) is 6.35. The molecule has 0 amide bonds. The third kappa shape index (κ3) is 4.37. The molecule has 0 spiro atoms. The minimum absolute atomic E-state index is 0.0920. The summed E-state index contributed by atoms with van der Waals surface area (Å²) in [6.07, 6.45) is 0.890. The molecule has 7 heteroatoms. The van der Waals surface area contributed by atoms with Gasteiger partial charge in [-0.1, -0.05) is 0 Å². The Bertz CT molecular complexity index is 531. The van der Waals surface area contributed by atoms with Crippen LogP contribution in [0.4, 0.5) is 5.69 Å². The molecule has 0 unspecified atom stereocenters. The van der Waals surface area contributed by atoms with Gasteiger partial charge in [0.25, 0.3) is 0 Å². The molecule has 0 saturated carbocycles. The molecule has 20 heavy (non-hydrogen) atoms. The highest BCUT2D eigenvalue weighted by molar-refractivity contribution is 8.00. The van der Waals surface area contributed by atoms with Crippen LogP contribution < -0.4 is 5.73 Å². The van der Waals surface area contributed by atoms with Gasteiger partial charge >= 0.3 is 0 Å². The summed E-state index contributed by atoms with van der Waals surface area (Å²) in [4.78, 5) is 1.01. The normalized spacial score (nSPS) is 20.9. The van der Waals surface area contributed by atoms with Crippen molar-refractivity contribution in [3.05, 3.63) is 24.3 Å². The third-order valence-electron chi connectivity index (χ3n) is 3.24. The van der Waals surface area contributed by atoms with Crippen LogP contribution in [-0.4, -0.2) is 48.5 Å². The zero-order chi connectivity index (χ0) is 14.6. The van der Waals surface area contributed by atoms with Crippen LogP contribution in [0.2, 0.25) is 0 Å². The molecule has 0 aromatic heterocycles. The van der Waals surface area contributed by atoms with E-state index in [1.54, 1.807) is 12.1 Å². The van der Waals surface area contributed by atoms with Crippen molar-refractivity contribution < 1.29 is 13.5 Å². The molecule has 0 radical (unpaired) electrons. The Labute approximate surface area is 124 Å². The average molecular weight is 316 g/mol. The number of rotatable bonds is 5. The molecule has 1 aliphatic heterocycles. The summed E-state index contributed by atoms with van der Waals surface area (Å²) < 4.78 is 25.7. The van der Waals surface area contributed by atoms with Crippen LogP contribution in [0.5, 0.6) is 0 Å². The van der Waals surface area contributed by atoms with Crippen molar-refractivity contribution in [1.29, 1.82) is 0 Å². The lowest BCUT2D eigenvalue weighted by molar-refractivity contribution is 0.108. The molecule has 1 aromatic carbocycles. The lowest BCUT2D eigenvalue weighted by atomic mass is 10.1. The molecule has 1 aliphatic rings. The summed E-state index contributed by atoms with van der Waals surface area (Å²) in [6.45, 7) is 0.751. The number of aliphatic hydroxyl groups is 1. The molecular weight excluding hydrogens is 296 g/mol. The second kappa shape index (κ2) is 6.80. The quantitative estimate of drug-likeness (QED) is 0.629. The van der Waals surface area contributed by atoms with Crippen LogP contribution in [0.25, 0.3) is 0 Å². The number of sulfonamides is 1. The van der Waals surface area contributed by atoms with E-state index < -0.39 is 16.1 Å². The first-order valence-electron chi connectivity index (χ1n) is 6.61. The number of nitrogen functional groups attached to an aromatic ring is 1. The van der Waals surface area contributed by atoms with Gasteiger partial charge in [-0.05, 0) is 37.1 Å². The van der Waals surface area contributed by atoms with Gasteiger partial charge in [-0.15, -0.1) is 11.8 Å². The van der Waals surface area contributed by atoms with E-state index in [2.05, 4.69) is 0 Å². The number of thioether (sulfide) groups is 1. The van der Waals surface area contributed by atoms with E-state index in [9.17, 15) is 13.5 Å². The largest absolute Gasteiger partial charge is 0.399 e. The number of β-amino-alcohol motifs (C(OH)–C–C–N with tert-alkyl or cyclic N) is 1.